The lowest BCUT2D eigenvalue weighted by Gasteiger charge is -2.08. The molecule has 0 radical (unpaired) electrons. The number of aromatic nitrogens is 1. The lowest BCUT2D eigenvalue weighted by Crippen LogP contribution is -1.88. The first-order valence-corrected chi connectivity index (χ1v) is 6.45. The summed E-state index contributed by atoms with van der Waals surface area (Å²) >= 11 is 0. The Bertz CT molecular complexity index is 727. The highest BCUT2D eigenvalue weighted by molar-refractivity contribution is 5.87. The molecule has 0 atom stereocenters. The van der Waals surface area contributed by atoms with E-state index in [1.54, 1.807) is 0 Å². The monoisotopic (exact) mass is 245 g/mol. The van der Waals surface area contributed by atoms with Gasteiger partial charge >= 0.3 is 0 Å². The van der Waals surface area contributed by atoms with Gasteiger partial charge in [-0.3, -0.25) is 4.98 Å². The normalized spacial score (nSPS) is 11.7. The Labute approximate surface area is 113 Å². The Morgan fingerprint density at radius 2 is 1.74 bits per heavy atom. The first-order valence-electron chi connectivity index (χ1n) is 6.45. The van der Waals surface area contributed by atoms with Gasteiger partial charge in [0.05, 0.1) is 5.52 Å². The molecule has 0 saturated heterocycles. The van der Waals surface area contributed by atoms with E-state index in [1.165, 1.54) is 22.1 Å². The van der Waals surface area contributed by atoms with Crippen molar-refractivity contribution in [2.45, 2.75) is 6.92 Å². The van der Waals surface area contributed by atoms with Crippen molar-refractivity contribution >= 4 is 16.5 Å². The molecular weight excluding hydrogens is 230 g/mol. The van der Waals surface area contributed by atoms with E-state index >= 15 is 0 Å². The maximum absolute atomic E-state index is 4.36. The first kappa shape index (κ1) is 11.7. The van der Waals surface area contributed by atoms with E-state index in [0.29, 0.717) is 0 Å². The number of fused-ring (bicyclic) bond motifs is 1. The van der Waals surface area contributed by atoms with Gasteiger partial charge in [-0.25, -0.2) is 0 Å². The van der Waals surface area contributed by atoms with Gasteiger partial charge in [0, 0.05) is 11.6 Å². The minimum Gasteiger partial charge on any atom is -0.256 e. The Hall–Kier alpha value is -2.41. The molecule has 3 aromatic rings. The number of pyridine rings is 1. The molecule has 19 heavy (non-hydrogen) atoms. The lowest BCUT2D eigenvalue weighted by atomic mass is 9.96. The zero-order valence-corrected chi connectivity index (χ0v) is 10.9. The summed E-state index contributed by atoms with van der Waals surface area (Å²) < 4.78 is 0. The summed E-state index contributed by atoms with van der Waals surface area (Å²) in [6.07, 6.45) is 3.99. The van der Waals surface area contributed by atoms with Gasteiger partial charge in [0.2, 0.25) is 0 Å². The van der Waals surface area contributed by atoms with Crippen molar-refractivity contribution in [3.63, 3.8) is 0 Å². The summed E-state index contributed by atoms with van der Waals surface area (Å²) in [5, 5.41) is 1.18. The Morgan fingerprint density at radius 1 is 0.895 bits per heavy atom. The second kappa shape index (κ2) is 5.07. The molecule has 1 aromatic heterocycles. The largest absolute Gasteiger partial charge is 0.256 e. The second-order valence-electron chi connectivity index (χ2n) is 4.48. The molecule has 0 unspecified atom stereocenters. The van der Waals surface area contributed by atoms with Crippen LogP contribution in [0.2, 0.25) is 0 Å². The molecule has 0 bridgehead atoms. The van der Waals surface area contributed by atoms with Crippen LogP contribution in [0.25, 0.3) is 16.5 Å². The smallest absolute Gasteiger partial charge is 0.0702 e. The third-order valence-corrected chi connectivity index (χ3v) is 3.29. The zero-order chi connectivity index (χ0) is 13.1. The Morgan fingerprint density at radius 3 is 2.53 bits per heavy atom. The van der Waals surface area contributed by atoms with E-state index in [-0.39, 0.29) is 0 Å². The summed E-state index contributed by atoms with van der Waals surface area (Å²) in [6, 6.07) is 21.0. The third-order valence-electron chi connectivity index (χ3n) is 3.29. The van der Waals surface area contributed by atoms with Crippen LogP contribution in [0.1, 0.15) is 18.1 Å². The summed E-state index contributed by atoms with van der Waals surface area (Å²) in [4.78, 5) is 4.36. The minimum absolute atomic E-state index is 1.04. The molecule has 0 N–H and O–H groups in total. The highest BCUT2D eigenvalue weighted by Gasteiger charge is 2.04. The summed E-state index contributed by atoms with van der Waals surface area (Å²) in [5.74, 6) is 0. The van der Waals surface area contributed by atoms with Gasteiger partial charge in [0.25, 0.3) is 0 Å². The van der Waals surface area contributed by atoms with Crippen LogP contribution in [0.15, 0.2) is 72.9 Å². The molecule has 0 spiro atoms. The molecule has 0 aliphatic heterocycles. The number of allylic oxidation sites excluding steroid dienone is 1. The summed E-state index contributed by atoms with van der Waals surface area (Å²) in [7, 11) is 0. The van der Waals surface area contributed by atoms with Gasteiger partial charge in [-0.15, -0.1) is 0 Å². The topological polar surface area (TPSA) is 12.9 Å². The van der Waals surface area contributed by atoms with Crippen LogP contribution >= 0.6 is 0 Å². The van der Waals surface area contributed by atoms with Gasteiger partial charge in [-0.1, -0.05) is 48.5 Å². The molecule has 2 aromatic carbocycles. The average molecular weight is 245 g/mol. The van der Waals surface area contributed by atoms with Gasteiger partial charge < -0.3 is 0 Å². The third kappa shape index (κ3) is 2.27. The maximum atomic E-state index is 4.36. The van der Waals surface area contributed by atoms with Crippen LogP contribution in [0.5, 0.6) is 0 Å². The van der Waals surface area contributed by atoms with E-state index < -0.39 is 0 Å². The van der Waals surface area contributed by atoms with Crippen LogP contribution in [0.3, 0.4) is 0 Å². The van der Waals surface area contributed by atoms with E-state index in [9.17, 15) is 0 Å². The van der Waals surface area contributed by atoms with Gasteiger partial charge in [0.15, 0.2) is 0 Å². The summed E-state index contributed by atoms with van der Waals surface area (Å²) in [6.45, 7) is 2.08. The van der Waals surface area contributed by atoms with Crippen molar-refractivity contribution in [1.29, 1.82) is 0 Å². The van der Waals surface area contributed by atoms with Gasteiger partial charge in [-0.05, 0) is 41.8 Å². The standard InChI is InChI=1S/C18H15N/c1-2-17(14-7-4-3-5-8-14)15-10-11-18-16(13-15)9-6-12-19-18/h2-13H,1H3. The van der Waals surface area contributed by atoms with Crippen LogP contribution in [-0.2, 0) is 0 Å². The first-order chi connectivity index (χ1) is 9.38. The molecule has 0 fully saturated rings. The zero-order valence-electron chi connectivity index (χ0n) is 10.9. The van der Waals surface area contributed by atoms with Gasteiger partial charge in [-0.2, -0.15) is 0 Å². The quantitative estimate of drug-likeness (QED) is 0.638. The molecule has 92 valence electrons. The fourth-order valence-corrected chi connectivity index (χ4v) is 2.36. The van der Waals surface area contributed by atoms with Crippen LogP contribution in [0, 0.1) is 0 Å². The van der Waals surface area contributed by atoms with Crippen molar-refractivity contribution in [1.82, 2.24) is 4.98 Å². The average Bonchev–Trinajstić information content (AvgIpc) is 2.49. The molecule has 1 heterocycles. The van der Waals surface area contributed by atoms with Crippen molar-refractivity contribution in [2.75, 3.05) is 0 Å². The second-order valence-corrected chi connectivity index (χ2v) is 4.48. The molecule has 1 nitrogen and oxygen atoms in total. The number of hydrogen-bond acceptors (Lipinski definition) is 1. The number of hydrogen-bond donors (Lipinski definition) is 0. The predicted molar refractivity (Wildman–Crippen MR) is 80.9 cm³/mol. The van der Waals surface area contributed by atoms with E-state index in [0.717, 1.165) is 5.52 Å². The number of benzene rings is 2. The molecule has 0 aliphatic rings. The van der Waals surface area contributed by atoms with E-state index in [4.69, 9.17) is 0 Å². The lowest BCUT2D eigenvalue weighted by molar-refractivity contribution is 1.41. The Balaban J connectivity index is 2.12. The van der Waals surface area contributed by atoms with Gasteiger partial charge in [0.1, 0.15) is 0 Å². The van der Waals surface area contributed by atoms with E-state index in [2.05, 4.69) is 66.5 Å². The van der Waals surface area contributed by atoms with Crippen LogP contribution in [-0.4, -0.2) is 4.98 Å². The van der Waals surface area contributed by atoms with Crippen molar-refractivity contribution < 1.29 is 0 Å². The van der Waals surface area contributed by atoms with E-state index in [1.807, 2.05) is 18.3 Å². The number of nitrogens with zero attached hydrogens (tertiary/aromatic N) is 1. The predicted octanol–water partition coefficient (Wildman–Crippen LogP) is 4.69. The summed E-state index contributed by atoms with van der Waals surface area (Å²) in [5.41, 5.74) is 4.77. The molecule has 1 heteroatoms. The van der Waals surface area contributed by atoms with Crippen molar-refractivity contribution in [3.05, 3.63) is 84.1 Å². The minimum atomic E-state index is 1.04. The number of rotatable bonds is 2. The van der Waals surface area contributed by atoms with Crippen molar-refractivity contribution in [2.24, 2.45) is 0 Å². The molecule has 0 saturated carbocycles. The maximum Gasteiger partial charge on any atom is 0.0702 e. The fourth-order valence-electron chi connectivity index (χ4n) is 2.36. The van der Waals surface area contributed by atoms with Crippen LogP contribution < -0.4 is 0 Å². The molecular formula is C18H15N. The molecule has 3 rings (SSSR count). The highest BCUT2D eigenvalue weighted by Crippen LogP contribution is 2.25. The SMILES string of the molecule is CC=C(c1ccccc1)c1ccc2ncccc2c1. The molecule has 0 amide bonds. The van der Waals surface area contributed by atoms with Crippen LogP contribution in [0.4, 0.5) is 0 Å². The van der Waals surface area contributed by atoms with Crippen molar-refractivity contribution in [3.8, 4) is 0 Å². The fraction of sp³-hybridized carbons (Fsp3) is 0.0556. The Kier molecular flexibility index (Phi) is 3.11. The molecule has 0 aliphatic carbocycles. The highest BCUT2D eigenvalue weighted by atomic mass is 14.6.